The third-order valence-corrected chi connectivity index (χ3v) is 7.47. The third kappa shape index (κ3) is 2.46. The molecule has 1 atom stereocenters. The molecule has 0 saturated heterocycles. The average molecular weight is 330 g/mol. The molecule has 116 valence electrons. The number of alkyl halides is 1. The van der Waals surface area contributed by atoms with E-state index in [1.807, 2.05) is 19.9 Å². The maximum atomic E-state index is 12.0. The second-order valence-electron chi connectivity index (χ2n) is 6.62. The topological polar surface area (TPSA) is 63.2 Å². The minimum Gasteiger partial charge on any atom is -0.325 e. The lowest BCUT2D eigenvalue weighted by Crippen LogP contribution is -2.35. The van der Waals surface area contributed by atoms with E-state index < -0.39 is 25.4 Å². The SMILES string of the molecule is CC1(C)C(=O)Nc2ccc(C(Cl)C(C)(C)S(C)(=O)=O)cc21. The van der Waals surface area contributed by atoms with E-state index in [-0.39, 0.29) is 5.91 Å². The Morgan fingerprint density at radius 3 is 2.38 bits per heavy atom. The Balaban J connectivity index is 2.50. The van der Waals surface area contributed by atoms with Crippen LogP contribution in [0, 0.1) is 0 Å². The van der Waals surface area contributed by atoms with Crippen molar-refractivity contribution >= 4 is 33.0 Å². The van der Waals surface area contributed by atoms with Crippen molar-refractivity contribution in [1.82, 2.24) is 0 Å². The summed E-state index contributed by atoms with van der Waals surface area (Å²) in [6.07, 6.45) is 1.19. The fourth-order valence-corrected chi connectivity index (χ4v) is 3.47. The zero-order chi connectivity index (χ0) is 16.2. The van der Waals surface area contributed by atoms with Crippen LogP contribution in [0.1, 0.15) is 44.2 Å². The minimum absolute atomic E-state index is 0.0665. The fourth-order valence-electron chi connectivity index (χ4n) is 2.34. The Morgan fingerprint density at radius 1 is 1.29 bits per heavy atom. The van der Waals surface area contributed by atoms with Gasteiger partial charge in [-0.3, -0.25) is 4.79 Å². The average Bonchev–Trinajstić information content (AvgIpc) is 2.58. The zero-order valence-corrected chi connectivity index (χ0v) is 14.4. The summed E-state index contributed by atoms with van der Waals surface area (Å²) < 4.78 is 22.8. The van der Waals surface area contributed by atoms with E-state index in [1.165, 1.54) is 6.26 Å². The molecule has 1 aromatic rings. The number of fused-ring (bicyclic) bond motifs is 1. The van der Waals surface area contributed by atoms with Crippen LogP contribution in [0.5, 0.6) is 0 Å². The molecule has 0 saturated carbocycles. The highest BCUT2D eigenvalue weighted by Crippen LogP contribution is 2.43. The number of carbonyl (C=O) groups is 1. The molecule has 0 fully saturated rings. The first-order valence-corrected chi connectivity index (χ1v) is 9.01. The Morgan fingerprint density at radius 2 is 1.86 bits per heavy atom. The van der Waals surface area contributed by atoms with Gasteiger partial charge in [-0.1, -0.05) is 12.1 Å². The first-order valence-electron chi connectivity index (χ1n) is 6.68. The van der Waals surface area contributed by atoms with Crippen LogP contribution < -0.4 is 5.32 Å². The van der Waals surface area contributed by atoms with E-state index in [4.69, 9.17) is 11.6 Å². The summed E-state index contributed by atoms with van der Waals surface area (Å²) in [6.45, 7) is 6.90. The van der Waals surface area contributed by atoms with Crippen molar-refractivity contribution in [2.45, 2.75) is 43.2 Å². The van der Waals surface area contributed by atoms with Crippen LogP contribution in [0.4, 0.5) is 5.69 Å². The Labute approximate surface area is 130 Å². The Hall–Kier alpha value is -1.07. The second kappa shape index (κ2) is 4.71. The molecule has 0 aromatic heterocycles. The smallest absolute Gasteiger partial charge is 0.234 e. The molecule has 1 aliphatic rings. The number of anilines is 1. The van der Waals surface area contributed by atoms with Crippen LogP contribution in [0.15, 0.2) is 18.2 Å². The Kier molecular flexibility index (Phi) is 3.66. The summed E-state index contributed by atoms with van der Waals surface area (Å²) in [5, 5.41) is 2.13. The van der Waals surface area contributed by atoms with Crippen molar-refractivity contribution in [2.24, 2.45) is 0 Å². The minimum atomic E-state index is -3.32. The molecule has 0 spiro atoms. The van der Waals surface area contributed by atoms with Crippen molar-refractivity contribution in [1.29, 1.82) is 0 Å². The first kappa shape index (κ1) is 16.3. The second-order valence-corrected chi connectivity index (χ2v) is 9.66. The van der Waals surface area contributed by atoms with Gasteiger partial charge in [0.15, 0.2) is 9.84 Å². The molecule has 0 aliphatic carbocycles. The molecule has 1 aromatic carbocycles. The Bertz CT molecular complexity index is 708. The zero-order valence-electron chi connectivity index (χ0n) is 12.8. The molecule has 1 heterocycles. The molecule has 0 bridgehead atoms. The summed E-state index contributed by atoms with van der Waals surface area (Å²) in [4.78, 5) is 12.0. The lowest BCUT2D eigenvalue weighted by Gasteiger charge is -2.29. The van der Waals surface area contributed by atoms with Crippen molar-refractivity contribution in [3.63, 3.8) is 0 Å². The standard InChI is InChI=1S/C15H20ClNO3S/c1-14(2)10-8-9(6-7-11(10)17-13(14)18)12(16)15(3,4)21(5,19)20/h6-8,12H,1-5H3,(H,17,18). The molecule has 1 N–H and O–H groups in total. The van der Waals surface area contributed by atoms with Crippen LogP contribution in [0.3, 0.4) is 0 Å². The van der Waals surface area contributed by atoms with E-state index in [2.05, 4.69) is 5.32 Å². The molecule has 6 heteroatoms. The summed E-state index contributed by atoms with van der Waals surface area (Å²) >= 11 is 6.43. The first-order chi connectivity index (χ1) is 9.39. The molecular weight excluding hydrogens is 310 g/mol. The summed E-state index contributed by atoms with van der Waals surface area (Å²) in [6, 6.07) is 5.38. The normalized spacial score (nSPS) is 19.0. The van der Waals surface area contributed by atoms with E-state index in [0.29, 0.717) is 5.56 Å². The molecule has 1 aliphatic heterocycles. The highest BCUT2D eigenvalue weighted by molar-refractivity contribution is 7.92. The van der Waals surface area contributed by atoms with E-state index in [1.54, 1.807) is 26.0 Å². The third-order valence-electron chi connectivity index (χ3n) is 4.39. The van der Waals surface area contributed by atoms with Gasteiger partial charge < -0.3 is 5.32 Å². The van der Waals surface area contributed by atoms with Gasteiger partial charge in [-0.05, 0) is 44.9 Å². The van der Waals surface area contributed by atoms with Crippen LogP contribution in [0.25, 0.3) is 0 Å². The number of amides is 1. The van der Waals surface area contributed by atoms with Crippen molar-refractivity contribution in [3.8, 4) is 0 Å². The van der Waals surface area contributed by atoms with Gasteiger partial charge in [-0.15, -0.1) is 11.6 Å². The number of benzene rings is 1. The predicted molar refractivity (Wildman–Crippen MR) is 85.6 cm³/mol. The molecule has 1 amide bonds. The van der Waals surface area contributed by atoms with Crippen LogP contribution in [0.2, 0.25) is 0 Å². The molecule has 4 nitrogen and oxygen atoms in total. The van der Waals surface area contributed by atoms with Gasteiger partial charge >= 0.3 is 0 Å². The number of hydrogen-bond acceptors (Lipinski definition) is 3. The predicted octanol–water partition coefficient (Wildman–Crippen LogP) is 3.02. The van der Waals surface area contributed by atoms with Gasteiger partial charge in [-0.2, -0.15) is 0 Å². The monoisotopic (exact) mass is 329 g/mol. The number of hydrogen-bond donors (Lipinski definition) is 1. The number of nitrogens with one attached hydrogen (secondary N) is 1. The number of halogens is 1. The van der Waals surface area contributed by atoms with Gasteiger partial charge in [0.25, 0.3) is 0 Å². The lowest BCUT2D eigenvalue weighted by atomic mass is 9.84. The number of rotatable bonds is 3. The highest BCUT2D eigenvalue weighted by atomic mass is 35.5. The van der Waals surface area contributed by atoms with Gasteiger partial charge in [-0.25, -0.2) is 8.42 Å². The van der Waals surface area contributed by atoms with Crippen molar-refractivity contribution < 1.29 is 13.2 Å². The van der Waals surface area contributed by atoms with Crippen molar-refractivity contribution in [3.05, 3.63) is 29.3 Å². The summed E-state index contributed by atoms with van der Waals surface area (Å²) in [5.74, 6) is -0.0665. The number of carbonyl (C=O) groups excluding carboxylic acids is 1. The number of sulfone groups is 1. The summed E-state index contributed by atoms with van der Waals surface area (Å²) in [7, 11) is -3.32. The van der Waals surface area contributed by atoms with Crippen LogP contribution >= 0.6 is 11.6 Å². The largest absolute Gasteiger partial charge is 0.325 e. The van der Waals surface area contributed by atoms with Crippen LogP contribution in [-0.4, -0.2) is 25.3 Å². The van der Waals surface area contributed by atoms with E-state index in [9.17, 15) is 13.2 Å². The van der Waals surface area contributed by atoms with Crippen LogP contribution in [-0.2, 0) is 20.0 Å². The van der Waals surface area contributed by atoms with E-state index >= 15 is 0 Å². The molecular formula is C15H20ClNO3S. The van der Waals surface area contributed by atoms with Crippen molar-refractivity contribution in [2.75, 3.05) is 11.6 Å². The fraction of sp³-hybridized carbons (Fsp3) is 0.533. The molecule has 0 radical (unpaired) electrons. The van der Waals surface area contributed by atoms with Gasteiger partial charge in [0, 0.05) is 11.9 Å². The maximum Gasteiger partial charge on any atom is 0.234 e. The quantitative estimate of drug-likeness (QED) is 0.867. The lowest BCUT2D eigenvalue weighted by molar-refractivity contribution is -0.119. The van der Waals surface area contributed by atoms with Gasteiger partial charge in [0.05, 0.1) is 15.5 Å². The van der Waals surface area contributed by atoms with Gasteiger partial charge in [0.1, 0.15) is 0 Å². The maximum absolute atomic E-state index is 12.0. The molecule has 21 heavy (non-hydrogen) atoms. The van der Waals surface area contributed by atoms with E-state index in [0.717, 1.165) is 11.3 Å². The van der Waals surface area contributed by atoms with Gasteiger partial charge in [0.2, 0.25) is 5.91 Å². The molecule has 1 unspecified atom stereocenters. The summed E-state index contributed by atoms with van der Waals surface area (Å²) in [5.41, 5.74) is 1.67. The molecule has 2 rings (SSSR count). The highest BCUT2D eigenvalue weighted by Gasteiger charge is 2.42.